The Kier molecular flexibility index (Phi) is 11.4. The highest BCUT2D eigenvalue weighted by atomic mass is 32.2. The molecule has 2 heterocycles. The summed E-state index contributed by atoms with van der Waals surface area (Å²) in [5.74, 6) is -2.27. The van der Waals surface area contributed by atoms with Gasteiger partial charge in [-0.3, -0.25) is 34.1 Å². The third-order valence-corrected chi connectivity index (χ3v) is 13.2. The molecule has 4 fully saturated rings. The van der Waals surface area contributed by atoms with Gasteiger partial charge in [-0.1, -0.05) is 87.5 Å². The van der Waals surface area contributed by atoms with Crippen molar-refractivity contribution < 1.29 is 32.3 Å². The number of ether oxygens (including phenoxy) is 1. The maximum absolute atomic E-state index is 14.8. The van der Waals surface area contributed by atoms with Gasteiger partial charge in [-0.25, -0.2) is 8.42 Å². The number of carbonyl (C=O) groups is 4. The van der Waals surface area contributed by atoms with E-state index in [0.29, 0.717) is 32.4 Å². The molecule has 12 nitrogen and oxygen atoms in total. The van der Waals surface area contributed by atoms with Crippen LogP contribution in [0.15, 0.2) is 73.3 Å². The second-order valence-corrected chi connectivity index (χ2v) is 19.8. The van der Waals surface area contributed by atoms with E-state index >= 15 is 0 Å². The molecule has 0 aromatic heterocycles. The van der Waals surface area contributed by atoms with Crippen molar-refractivity contribution in [2.45, 2.75) is 114 Å². The van der Waals surface area contributed by atoms with Crippen LogP contribution in [0.3, 0.4) is 0 Å². The predicted octanol–water partition coefficient (Wildman–Crippen LogP) is 3.85. The average molecular weight is 776 g/mol. The van der Waals surface area contributed by atoms with Crippen molar-refractivity contribution >= 4 is 33.7 Å². The van der Waals surface area contributed by atoms with Gasteiger partial charge in [-0.2, -0.15) is 0 Å². The van der Waals surface area contributed by atoms with E-state index in [1.54, 1.807) is 31.7 Å². The lowest BCUT2D eigenvalue weighted by atomic mass is 9.84. The molecule has 2 saturated carbocycles. The van der Waals surface area contributed by atoms with E-state index in [-0.39, 0.29) is 43.3 Å². The zero-order valence-electron chi connectivity index (χ0n) is 32.9. The van der Waals surface area contributed by atoms with Gasteiger partial charge in [0, 0.05) is 43.4 Å². The van der Waals surface area contributed by atoms with Crippen molar-refractivity contribution in [1.82, 2.24) is 25.2 Å². The zero-order chi connectivity index (χ0) is 39.9. The van der Waals surface area contributed by atoms with Crippen molar-refractivity contribution in [1.29, 1.82) is 0 Å². The highest BCUT2D eigenvalue weighted by Crippen LogP contribution is 2.46. The van der Waals surface area contributed by atoms with Crippen LogP contribution in [0.5, 0.6) is 0 Å². The number of carbonyl (C=O) groups excluding carboxylic acids is 4. The summed E-state index contributed by atoms with van der Waals surface area (Å²) in [6, 6.07) is 18.8. The van der Waals surface area contributed by atoms with Gasteiger partial charge in [-0.05, 0) is 63.0 Å². The van der Waals surface area contributed by atoms with Crippen molar-refractivity contribution in [3.63, 3.8) is 0 Å². The van der Waals surface area contributed by atoms with Crippen molar-refractivity contribution in [2.24, 2.45) is 11.3 Å². The van der Waals surface area contributed by atoms with Crippen LogP contribution in [0, 0.1) is 11.3 Å². The van der Waals surface area contributed by atoms with Gasteiger partial charge in [0.25, 0.3) is 5.91 Å². The Morgan fingerprint density at radius 1 is 0.909 bits per heavy atom. The molecule has 3 N–H and O–H groups in total. The van der Waals surface area contributed by atoms with Crippen molar-refractivity contribution in [2.75, 3.05) is 26.2 Å². The first-order valence-electron chi connectivity index (χ1n) is 19.4. The molecule has 2 aliphatic carbocycles. The van der Waals surface area contributed by atoms with Crippen LogP contribution < -0.4 is 15.4 Å². The first kappa shape index (κ1) is 40.6. The third kappa shape index (κ3) is 9.16. The summed E-state index contributed by atoms with van der Waals surface area (Å²) in [5.41, 5.74) is -0.419. The summed E-state index contributed by atoms with van der Waals surface area (Å²) < 4.78 is 33.3. The minimum atomic E-state index is -3.87. The lowest BCUT2D eigenvalue weighted by Crippen LogP contribution is -2.60. The minimum Gasteiger partial charge on any atom is -0.459 e. The summed E-state index contributed by atoms with van der Waals surface area (Å²) >= 11 is 0. The lowest BCUT2D eigenvalue weighted by Gasteiger charge is -2.36. The molecular weight excluding hydrogens is 719 g/mol. The van der Waals surface area contributed by atoms with Crippen LogP contribution in [0.1, 0.15) is 90.2 Å². The smallest absolute Gasteiger partial charge is 0.320 e. The summed E-state index contributed by atoms with van der Waals surface area (Å²) in [6.45, 7) is 16.3. The van der Waals surface area contributed by atoms with Gasteiger partial charge in [0.15, 0.2) is 0 Å². The fourth-order valence-electron chi connectivity index (χ4n) is 8.29. The summed E-state index contributed by atoms with van der Waals surface area (Å²) in [4.78, 5) is 59.7. The number of nitrogens with one attached hydrogen (secondary N) is 3. The molecule has 2 aromatic rings. The summed E-state index contributed by atoms with van der Waals surface area (Å²) in [7, 11) is -3.87. The number of nitrogens with zero attached hydrogens (tertiary/aromatic N) is 2. The highest BCUT2D eigenvalue weighted by molar-refractivity contribution is 7.91. The number of hydrogen-bond donors (Lipinski definition) is 3. The Bertz CT molecular complexity index is 1820. The molecule has 0 radical (unpaired) electrons. The second-order valence-electron chi connectivity index (χ2n) is 17.8. The van der Waals surface area contributed by atoms with E-state index in [9.17, 15) is 27.6 Å². The Morgan fingerprint density at radius 2 is 1.47 bits per heavy atom. The van der Waals surface area contributed by atoms with Crippen molar-refractivity contribution in [3.8, 4) is 0 Å². The number of rotatable bonds is 13. The van der Waals surface area contributed by atoms with Crippen LogP contribution in [0.2, 0.25) is 0 Å². The predicted molar refractivity (Wildman–Crippen MR) is 210 cm³/mol. The fourth-order valence-corrected chi connectivity index (χ4v) is 9.65. The van der Waals surface area contributed by atoms with Crippen LogP contribution in [-0.2, 0) is 33.9 Å². The van der Waals surface area contributed by atoms with Crippen LogP contribution in [0.4, 0.5) is 0 Å². The maximum Gasteiger partial charge on any atom is 0.320 e. The zero-order valence-corrected chi connectivity index (χ0v) is 33.7. The van der Waals surface area contributed by atoms with E-state index < -0.39 is 67.6 Å². The molecule has 3 amide bonds. The van der Waals surface area contributed by atoms with Crippen LogP contribution >= 0.6 is 0 Å². The molecule has 1 unspecified atom stereocenters. The molecular formula is C42H57N5O7S. The molecule has 13 heteroatoms. The van der Waals surface area contributed by atoms with Crippen LogP contribution in [0.25, 0.3) is 0 Å². The highest BCUT2D eigenvalue weighted by Gasteiger charge is 2.62. The molecule has 6 rings (SSSR count). The molecule has 2 saturated heterocycles. The molecule has 7 atom stereocenters. The minimum absolute atomic E-state index is 0.179. The number of sulfonamides is 1. The first-order chi connectivity index (χ1) is 25.8. The normalized spacial score (nSPS) is 27.6. The number of amides is 3. The lowest BCUT2D eigenvalue weighted by molar-refractivity contribution is -0.154. The second kappa shape index (κ2) is 15.5. The molecule has 4 aliphatic rings. The number of benzene rings is 2. The van der Waals surface area contributed by atoms with Gasteiger partial charge in [0.05, 0.1) is 17.8 Å². The largest absolute Gasteiger partial charge is 0.459 e. The van der Waals surface area contributed by atoms with E-state index in [1.807, 2.05) is 57.2 Å². The Hall–Kier alpha value is -4.07. The molecule has 2 aliphatic heterocycles. The van der Waals surface area contributed by atoms with Gasteiger partial charge >= 0.3 is 5.97 Å². The maximum atomic E-state index is 14.8. The van der Waals surface area contributed by atoms with Gasteiger partial charge in [0.2, 0.25) is 21.8 Å². The van der Waals surface area contributed by atoms with E-state index in [1.165, 1.54) is 11.1 Å². The number of hydrogen-bond acceptors (Lipinski definition) is 9. The van der Waals surface area contributed by atoms with E-state index in [2.05, 4.69) is 51.1 Å². The van der Waals surface area contributed by atoms with Gasteiger partial charge in [0.1, 0.15) is 17.2 Å². The standard InChI is InChI=1S/C42H57N5O7S/c1-8-29-22-42(29,39(51)45-55(52,53)31-19-20-31)44-37(49)34-21-30(24-47(34)38(50)36(40(2,3)4)43-23-35(48)54-41(5,6)7)46-25-32(27-15-11-9-12-16-27)33(26-46)28-17-13-10-14-18-28/h8-18,29-34,36,43H,1,19-26H2,2-7H3,(H,44,49)(H,45,51)/t29-,30-,32+,33?,34+,36-,42-/m1/s1. The Balaban J connectivity index is 1.29. The average Bonchev–Trinajstić information content (AvgIpc) is 4.00. The monoisotopic (exact) mass is 775 g/mol. The van der Waals surface area contributed by atoms with E-state index in [0.717, 1.165) is 0 Å². The van der Waals surface area contributed by atoms with E-state index in [4.69, 9.17) is 4.74 Å². The SMILES string of the molecule is C=C[C@@H]1C[C@]1(NC(=O)[C@@H]1C[C@@H](N2CC(c3ccccc3)[C@H](c3ccccc3)C2)CN1C(=O)[C@@H](NCC(=O)OC(C)(C)C)C(C)(C)C)C(=O)NS(=O)(=O)C1CC1. The quantitative estimate of drug-likeness (QED) is 0.204. The number of esters is 1. The topological polar surface area (TPSA) is 154 Å². The van der Waals surface area contributed by atoms with Gasteiger partial charge < -0.3 is 15.0 Å². The Morgan fingerprint density at radius 3 is 1.95 bits per heavy atom. The van der Waals surface area contributed by atoms with Crippen molar-refractivity contribution in [3.05, 3.63) is 84.4 Å². The van der Waals surface area contributed by atoms with Crippen LogP contribution in [-0.4, -0.2) is 103 Å². The number of likely N-dealkylation sites (tertiary alicyclic amines) is 2. The molecule has 298 valence electrons. The van der Waals surface area contributed by atoms with Gasteiger partial charge in [-0.15, -0.1) is 6.58 Å². The first-order valence-corrected chi connectivity index (χ1v) is 21.0. The Labute approximate surface area is 325 Å². The third-order valence-electron chi connectivity index (χ3n) is 11.4. The molecule has 0 bridgehead atoms. The summed E-state index contributed by atoms with van der Waals surface area (Å²) in [6.07, 6.45) is 3.02. The summed E-state index contributed by atoms with van der Waals surface area (Å²) in [5, 5.41) is 5.44. The molecule has 55 heavy (non-hydrogen) atoms. The molecule has 2 aromatic carbocycles. The molecule has 0 spiro atoms. The fraction of sp³-hybridized carbons (Fsp3) is 0.571.